The van der Waals surface area contributed by atoms with E-state index in [-0.39, 0.29) is 5.91 Å². The Hall–Kier alpha value is -1.03. The first-order valence-corrected chi connectivity index (χ1v) is 4.78. The summed E-state index contributed by atoms with van der Waals surface area (Å²) >= 11 is 6.02. The third-order valence-electron chi connectivity index (χ3n) is 2.30. The summed E-state index contributed by atoms with van der Waals surface area (Å²) in [7, 11) is 3.40. The van der Waals surface area contributed by atoms with Gasteiger partial charge in [0.05, 0.1) is 5.69 Å². The van der Waals surface area contributed by atoms with Crippen LogP contribution in [0.5, 0.6) is 0 Å². The molecule has 1 aromatic heterocycles. The first-order chi connectivity index (χ1) is 6.49. The zero-order valence-corrected chi connectivity index (χ0v) is 9.51. The number of carbonyl (C=O) groups is 1. The van der Waals surface area contributed by atoms with Gasteiger partial charge in [0.15, 0.2) is 0 Å². The molecule has 0 saturated carbocycles. The molecule has 0 aromatic carbocycles. The maximum absolute atomic E-state index is 11.3. The zero-order chi connectivity index (χ0) is 10.9. The van der Waals surface area contributed by atoms with Gasteiger partial charge in [-0.05, 0) is 13.8 Å². The summed E-state index contributed by atoms with van der Waals surface area (Å²) in [5, 5.41) is 6.06. The maximum atomic E-state index is 11.3. The fraction of sp³-hybridized carbons (Fsp3) is 0.556. The highest BCUT2D eigenvalue weighted by molar-refractivity contribution is 6.30. The number of nitrogens with zero attached hydrogens (tertiary/aromatic N) is 2. The summed E-state index contributed by atoms with van der Waals surface area (Å²) in [6.07, 6.45) is 0. The lowest BCUT2D eigenvalue weighted by molar-refractivity contribution is -0.120. The van der Waals surface area contributed by atoms with Crippen molar-refractivity contribution in [2.45, 2.75) is 19.2 Å². The predicted octanol–water partition coefficient (Wildman–Crippen LogP) is 1.06. The smallest absolute Gasteiger partial charge is 0.242 e. The molecule has 1 unspecified atom stereocenters. The number of alkyl halides is 1. The molecule has 1 N–H and O–H groups in total. The van der Waals surface area contributed by atoms with Crippen LogP contribution in [0.3, 0.4) is 0 Å². The maximum Gasteiger partial charge on any atom is 0.242 e. The fourth-order valence-corrected chi connectivity index (χ4v) is 1.84. The summed E-state index contributed by atoms with van der Waals surface area (Å²) in [5.74, 6) is -0.203. The Morgan fingerprint density at radius 3 is 2.50 bits per heavy atom. The number of carbonyl (C=O) groups excluding carboxylic acids is 1. The number of aromatic nitrogens is 2. The fourth-order valence-electron chi connectivity index (χ4n) is 1.41. The second-order valence-corrected chi connectivity index (χ2v) is 3.62. The highest BCUT2D eigenvalue weighted by Crippen LogP contribution is 2.26. The van der Waals surface area contributed by atoms with Crippen molar-refractivity contribution in [1.82, 2.24) is 15.1 Å². The van der Waals surface area contributed by atoms with Gasteiger partial charge in [0.25, 0.3) is 0 Å². The van der Waals surface area contributed by atoms with Gasteiger partial charge in [0.2, 0.25) is 5.91 Å². The Balaban J connectivity index is 3.12. The van der Waals surface area contributed by atoms with Crippen LogP contribution in [0.1, 0.15) is 22.3 Å². The number of nitrogens with one attached hydrogen (secondary N) is 1. The number of likely N-dealkylation sites (N-methyl/N-ethyl adjacent to an activating group) is 1. The second kappa shape index (κ2) is 4.00. The molecule has 4 nitrogen and oxygen atoms in total. The van der Waals surface area contributed by atoms with Crippen molar-refractivity contribution in [2.24, 2.45) is 7.05 Å². The SMILES string of the molecule is CNC(=O)C(Cl)c1c(C)nn(C)c1C. The Kier molecular flexibility index (Phi) is 3.16. The topological polar surface area (TPSA) is 46.9 Å². The van der Waals surface area contributed by atoms with Crippen molar-refractivity contribution in [2.75, 3.05) is 7.05 Å². The monoisotopic (exact) mass is 215 g/mol. The van der Waals surface area contributed by atoms with Gasteiger partial charge in [-0.15, -0.1) is 11.6 Å². The van der Waals surface area contributed by atoms with Crippen LogP contribution in [-0.4, -0.2) is 22.7 Å². The average molecular weight is 216 g/mol. The molecule has 0 bridgehead atoms. The van der Waals surface area contributed by atoms with Gasteiger partial charge in [-0.1, -0.05) is 0 Å². The summed E-state index contributed by atoms with van der Waals surface area (Å²) in [6.45, 7) is 3.74. The average Bonchev–Trinajstić information content (AvgIpc) is 2.39. The van der Waals surface area contributed by atoms with Gasteiger partial charge < -0.3 is 5.32 Å². The Labute approximate surface area is 88.2 Å². The molecule has 1 rings (SSSR count). The van der Waals surface area contributed by atoms with Gasteiger partial charge in [0, 0.05) is 25.4 Å². The van der Waals surface area contributed by atoms with E-state index in [9.17, 15) is 4.79 Å². The second-order valence-electron chi connectivity index (χ2n) is 3.18. The molecule has 0 spiro atoms. The van der Waals surface area contributed by atoms with Crippen LogP contribution < -0.4 is 5.32 Å². The van der Waals surface area contributed by atoms with Crippen molar-refractivity contribution < 1.29 is 4.79 Å². The molecule has 5 heteroatoms. The first-order valence-electron chi connectivity index (χ1n) is 4.34. The van der Waals surface area contributed by atoms with E-state index >= 15 is 0 Å². The van der Waals surface area contributed by atoms with Crippen LogP contribution in [0.25, 0.3) is 0 Å². The minimum Gasteiger partial charge on any atom is -0.358 e. The van der Waals surface area contributed by atoms with Gasteiger partial charge in [-0.3, -0.25) is 9.48 Å². The van der Waals surface area contributed by atoms with Crippen LogP contribution in [0.2, 0.25) is 0 Å². The molecule has 1 heterocycles. The number of aryl methyl sites for hydroxylation is 2. The molecule has 0 aliphatic heterocycles. The normalized spacial score (nSPS) is 12.6. The summed E-state index contributed by atoms with van der Waals surface area (Å²) in [6, 6.07) is 0. The summed E-state index contributed by atoms with van der Waals surface area (Å²) < 4.78 is 1.73. The van der Waals surface area contributed by atoms with Crippen LogP contribution in [0.15, 0.2) is 0 Å². The van der Waals surface area contributed by atoms with Crippen molar-refractivity contribution in [1.29, 1.82) is 0 Å². The quantitative estimate of drug-likeness (QED) is 0.750. The Bertz CT molecular complexity index is 359. The van der Waals surface area contributed by atoms with E-state index in [4.69, 9.17) is 11.6 Å². The minimum absolute atomic E-state index is 0.203. The molecule has 0 aliphatic carbocycles. The highest BCUT2D eigenvalue weighted by Gasteiger charge is 2.23. The number of halogens is 1. The molecular formula is C9H14ClN3O. The molecule has 1 amide bonds. The van der Waals surface area contributed by atoms with Crippen molar-refractivity contribution in [3.05, 3.63) is 17.0 Å². The molecule has 1 aromatic rings. The lowest BCUT2D eigenvalue weighted by atomic mass is 10.1. The van der Waals surface area contributed by atoms with Crippen LogP contribution >= 0.6 is 11.6 Å². The molecule has 0 radical (unpaired) electrons. The van der Waals surface area contributed by atoms with E-state index < -0.39 is 5.38 Å². The zero-order valence-electron chi connectivity index (χ0n) is 8.76. The largest absolute Gasteiger partial charge is 0.358 e. The molecule has 0 aliphatic rings. The summed E-state index contributed by atoms with van der Waals surface area (Å²) in [4.78, 5) is 11.3. The molecule has 0 saturated heterocycles. The predicted molar refractivity (Wildman–Crippen MR) is 55.3 cm³/mol. The van der Waals surface area contributed by atoms with Crippen molar-refractivity contribution in [3.8, 4) is 0 Å². The third kappa shape index (κ3) is 1.75. The van der Waals surface area contributed by atoms with Gasteiger partial charge in [0.1, 0.15) is 5.38 Å². The number of rotatable bonds is 2. The van der Waals surface area contributed by atoms with E-state index in [1.54, 1.807) is 11.7 Å². The highest BCUT2D eigenvalue weighted by atomic mass is 35.5. The van der Waals surface area contributed by atoms with Gasteiger partial charge in [-0.25, -0.2) is 0 Å². The van der Waals surface area contributed by atoms with Crippen LogP contribution in [-0.2, 0) is 11.8 Å². The van der Waals surface area contributed by atoms with E-state index in [0.717, 1.165) is 17.0 Å². The van der Waals surface area contributed by atoms with Gasteiger partial charge in [-0.2, -0.15) is 5.10 Å². The van der Waals surface area contributed by atoms with E-state index in [1.807, 2.05) is 20.9 Å². The standard InChI is InChI=1S/C9H14ClN3O/c1-5-7(6(2)13(4)12-5)8(10)9(14)11-3/h8H,1-4H3,(H,11,14). The molecule has 0 fully saturated rings. The van der Waals surface area contributed by atoms with E-state index in [2.05, 4.69) is 10.4 Å². The lowest BCUT2D eigenvalue weighted by Crippen LogP contribution is -2.23. The lowest BCUT2D eigenvalue weighted by Gasteiger charge is -2.08. The van der Waals surface area contributed by atoms with Crippen LogP contribution in [0.4, 0.5) is 0 Å². The molecule has 14 heavy (non-hydrogen) atoms. The molecular weight excluding hydrogens is 202 g/mol. The third-order valence-corrected chi connectivity index (χ3v) is 2.71. The number of hydrogen-bond acceptors (Lipinski definition) is 2. The minimum atomic E-state index is -0.659. The van der Waals surface area contributed by atoms with Crippen LogP contribution in [0, 0.1) is 13.8 Å². The van der Waals surface area contributed by atoms with E-state index in [0.29, 0.717) is 0 Å². The molecule has 1 atom stereocenters. The van der Waals surface area contributed by atoms with Crippen molar-refractivity contribution in [3.63, 3.8) is 0 Å². The van der Waals surface area contributed by atoms with Gasteiger partial charge >= 0.3 is 0 Å². The molecule has 78 valence electrons. The first kappa shape index (κ1) is 11.0. The summed E-state index contributed by atoms with van der Waals surface area (Å²) in [5.41, 5.74) is 2.52. The van der Waals surface area contributed by atoms with Crippen molar-refractivity contribution >= 4 is 17.5 Å². The van der Waals surface area contributed by atoms with E-state index in [1.165, 1.54) is 0 Å². The number of amides is 1. The Morgan fingerprint density at radius 2 is 2.14 bits per heavy atom. The Morgan fingerprint density at radius 1 is 1.57 bits per heavy atom. The number of hydrogen-bond donors (Lipinski definition) is 1.